The van der Waals surface area contributed by atoms with Crippen LogP contribution in [0.15, 0.2) is 6.33 Å². The zero-order valence-electron chi connectivity index (χ0n) is 9.15. The van der Waals surface area contributed by atoms with Gasteiger partial charge in [0.15, 0.2) is 0 Å². The van der Waals surface area contributed by atoms with Crippen molar-refractivity contribution in [3.05, 3.63) is 12.2 Å². The Morgan fingerprint density at radius 2 is 2.33 bits per heavy atom. The van der Waals surface area contributed by atoms with Gasteiger partial charge in [0.2, 0.25) is 0 Å². The van der Waals surface area contributed by atoms with Gasteiger partial charge in [-0.15, -0.1) is 0 Å². The van der Waals surface area contributed by atoms with E-state index in [-0.39, 0.29) is 12.1 Å². The molecular weight excluding hydrogens is 195 g/mol. The first-order valence-corrected chi connectivity index (χ1v) is 5.33. The van der Waals surface area contributed by atoms with Gasteiger partial charge in [-0.25, -0.2) is 14.1 Å². The van der Waals surface area contributed by atoms with E-state index in [0.717, 1.165) is 5.82 Å². The zero-order valence-corrected chi connectivity index (χ0v) is 9.15. The summed E-state index contributed by atoms with van der Waals surface area (Å²) in [7, 11) is 0. The van der Waals surface area contributed by atoms with Gasteiger partial charge in [0, 0.05) is 18.5 Å². The molecule has 0 atom stereocenters. The topological polar surface area (TPSA) is 56.7 Å². The Balaban J connectivity index is 2.08. The maximum atomic E-state index is 14.0. The van der Waals surface area contributed by atoms with Crippen LogP contribution in [0, 0.1) is 0 Å². The molecule has 0 saturated heterocycles. The van der Waals surface area contributed by atoms with E-state index in [1.165, 1.54) is 6.33 Å². The van der Waals surface area contributed by atoms with Crippen molar-refractivity contribution < 1.29 is 4.39 Å². The van der Waals surface area contributed by atoms with Crippen LogP contribution in [0.2, 0.25) is 0 Å². The van der Waals surface area contributed by atoms with Crippen molar-refractivity contribution in [1.82, 2.24) is 14.8 Å². The van der Waals surface area contributed by atoms with Crippen molar-refractivity contribution >= 4 is 0 Å². The van der Waals surface area contributed by atoms with E-state index < -0.39 is 5.67 Å². The molecule has 1 aliphatic rings. The summed E-state index contributed by atoms with van der Waals surface area (Å²) in [5.41, 5.74) is 4.44. The van der Waals surface area contributed by atoms with Crippen LogP contribution in [0.3, 0.4) is 0 Å². The molecule has 0 spiro atoms. The van der Waals surface area contributed by atoms with Crippen molar-refractivity contribution in [2.75, 3.05) is 0 Å². The minimum atomic E-state index is -1.15. The van der Waals surface area contributed by atoms with E-state index in [2.05, 4.69) is 10.1 Å². The molecule has 0 radical (unpaired) electrons. The highest BCUT2D eigenvalue weighted by Gasteiger charge is 2.44. The van der Waals surface area contributed by atoms with Crippen molar-refractivity contribution in [3.63, 3.8) is 0 Å². The van der Waals surface area contributed by atoms with Gasteiger partial charge in [-0.2, -0.15) is 5.10 Å². The van der Waals surface area contributed by atoms with Crippen molar-refractivity contribution in [3.8, 4) is 0 Å². The highest BCUT2D eigenvalue weighted by atomic mass is 19.1. The Morgan fingerprint density at radius 1 is 1.67 bits per heavy atom. The molecule has 1 heterocycles. The quantitative estimate of drug-likeness (QED) is 0.819. The van der Waals surface area contributed by atoms with E-state index in [9.17, 15) is 4.39 Å². The summed E-state index contributed by atoms with van der Waals surface area (Å²) in [6.45, 7) is 4.02. The van der Waals surface area contributed by atoms with Crippen molar-refractivity contribution in [1.29, 1.82) is 0 Å². The first-order chi connectivity index (χ1) is 7.00. The third-order valence-corrected chi connectivity index (χ3v) is 2.87. The molecular formula is C10H17FN4. The first kappa shape index (κ1) is 10.5. The van der Waals surface area contributed by atoms with E-state index >= 15 is 0 Å². The average molecular weight is 212 g/mol. The predicted molar refractivity (Wildman–Crippen MR) is 55.2 cm³/mol. The fourth-order valence-electron chi connectivity index (χ4n) is 2.14. The molecule has 0 bridgehead atoms. The summed E-state index contributed by atoms with van der Waals surface area (Å²) >= 11 is 0. The Kier molecular flexibility index (Phi) is 2.50. The smallest absolute Gasteiger partial charge is 0.138 e. The maximum absolute atomic E-state index is 14.0. The number of nitrogens with zero attached hydrogens (tertiary/aromatic N) is 3. The van der Waals surface area contributed by atoms with E-state index in [1.807, 2.05) is 13.8 Å². The summed E-state index contributed by atoms with van der Waals surface area (Å²) in [6, 6.07) is 0.241. The molecule has 1 aliphatic carbocycles. The Morgan fingerprint density at radius 3 is 2.87 bits per heavy atom. The molecule has 1 aromatic heterocycles. The Labute approximate surface area is 88.7 Å². The highest BCUT2D eigenvalue weighted by Crippen LogP contribution is 2.37. The number of hydrogen-bond acceptors (Lipinski definition) is 3. The number of alkyl halides is 1. The fourth-order valence-corrected chi connectivity index (χ4v) is 2.14. The number of nitrogens with two attached hydrogens (primary N) is 1. The second-order valence-electron chi connectivity index (χ2n) is 4.71. The molecule has 0 unspecified atom stereocenters. The first-order valence-electron chi connectivity index (χ1n) is 5.33. The standard InChI is InChI=1S/C10H17FN4/c1-7(2)15-9(13-6-14-15)5-10(11)3-8(12)4-10/h6-8H,3-5,12H2,1-2H3. The molecule has 84 valence electrons. The molecule has 2 rings (SSSR count). The molecule has 1 saturated carbocycles. The fraction of sp³-hybridized carbons (Fsp3) is 0.800. The predicted octanol–water partition coefficient (Wildman–Crippen LogP) is 1.23. The van der Waals surface area contributed by atoms with Crippen LogP contribution >= 0.6 is 0 Å². The molecule has 1 aromatic rings. The second kappa shape index (κ2) is 3.56. The van der Waals surface area contributed by atoms with Crippen LogP contribution in [0.1, 0.15) is 38.6 Å². The molecule has 0 aromatic carbocycles. The summed E-state index contributed by atoms with van der Waals surface area (Å²) in [5, 5.41) is 4.08. The Hall–Kier alpha value is -0.970. The average Bonchev–Trinajstić information content (AvgIpc) is 2.49. The Bertz CT molecular complexity index is 341. The van der Waals surface area contributed by atoms with Gasteiger partial charge in [0.1, 0.15) is 17.8 Å². The van der Waals surface area contributed by atoms with Crippen LogP contribution in [-0.2, 0) is 6.42 Å². The van der Waals surface area contributed by atoms with Gasteiger partial charge >= 0.3 is 0 Å². The van der Waals surface area contributed by atoms with Crippen LogP contribution in [0.5, 0.6) is 0 Å². The molecule has 1 fully saturated rings. The van der Waals surface area contributed by atoms with Gasteiger partial charge < -0.3 is 5.73 Å². The van der Waals surface area contributed by atoms with Crippen molar-refractivity contribution in [2.45, 2.75) is 50.9 Å². The van der Waals surface area contributed by atoms with Gasteiger partial charge in [-0.3, -0.25) is 0 Å². The lowest BCUT2D eigenvalue weighted by atomic mass is 9.75. The van der Waals surface area contributed by atoms with Gasteiger partial charge in [0.05, 0.1) is 0 Å². The largest absolute Gasteiger partial charge is 0.327 e. The summed E-state index contributed by atoms with van der Waals surface area (Å²) in [5.74, 6) is 0.722. The molecule has 5 heteroatoms. The monoisotopic (exact) mass is 212 g/mol. The number of halogens is 1. The van der Waals surface area contributed by atoms with Crippen LogP contribution < -0.4 is 5.73 Å². The van der Waals surface area contributed by atoms with Crippen LogP contribution in [0.4, 0.5) is 4.39 Å². The van der Waals surface area contributed by atoms with E-state index in [0.29, 0.717) is 19.3 Å². The maximum Gasteiger partial charge on any atom is 0.138 e. The van der Waals surface area contributed by atoms with Gasteiger partial charge in [-0.1, -0.05) is 0 Å². The molecule has 0 amide bonds. The van der Waals surface area contributed by atoms with Crippen molar-refractivity contribution in [2.24, 2.45) is 5.73 Å². The van der Waals surface area contributed by atoms with E-state index in [1.54, 1.807) is 4.68 Å². The lowest BCUT2D eigenvalue weighted by Crippen LogP contribution is -2.50. The minimum absolute atomic E-state index is 0.0189. The SMILES string of the molecule is CC(C)n1ncnc1CC1(F)CC(N)C1. The second-order valence-corrected chi connectivity index (χ2v) is 4.71. The summed E-state index contributed by atoms with van der Waals surface area (Å²) in [4.78, 5) is 4.10. The lowest BCUT2D eigenvalue weighted by molar-refractivity contribution is 0.0410. The molecule has 2 N–H and O–H groups in total. The lowest BCUT2D eigenvalue weighted by Gasteiger charge is -2.39. The number of hydrogen-bond donors (Lipinski definition) is 1. The molecule has 4 nitrogen and oxygen atoms in total. The normalized spacial score (nSPS) is 30.6. The third kappa shape index (κ3) is 2.02. The number of aromatic nitrogens is 3. The molecule has 15 heavy (non-hydrogen) atoms. The van der Waals surface area contributed by atoms with Crippen LogP contribution in [0.25, 0.3) is 0 Å². The van der Waals surface area contributed by atoms with Crippen LogP contribution in [-0.4, -0.2) is 26.5 Å². The van der Waals surface area contributed by atoms with Gasteiger partial charge in [-0.05, 0) is 26.7 Å². The number of rotatable bonds is 3. The zero-order chi connectivity index (χ0) is 11.1. The minimum Gasteiger partial charge on any atom is -0.327 e. The summed E-state index contributed by atoms with van der Waals surface area (Å²) < 4.78 is 15.8. The third-order valence-electron chi connectivity index (χ3n) is 2.87. The van der Waals surface area contributed by atoms with Gasteiger partial charge in [0.25, 0.3) is 0 Å². The molecule has 0 aliphatic heterocycles. The van der Waals surface area contributed by atoms with E-state index in [4.69, 9.17) is 5.73 Å². The summed E-state index contributed by atoms with van der Waals surface area (Å²) in [6.07, 6.45) is 2.70. The highest BCUT2D eigenvalue weighted by molar-refractivity contribution is 5.04.